The molecular formula is C70H118O6. The Labute approximate surface area is 470 Å². The van der Waals surface area contributed by atoms with Crippen molar-refractivity contribution >= 4 is 17.9 Å². The summed E-state index contributed by atoms with van der Waals surface area (Å²) in [5.74, 6) is -0.898. The Hall–Kier alpha value is -3.93. The number of rotatable bonds is 57. The van der Waals surface area contributed by atoms with E-state index in [1.807, 2.05) is 0 Å². The molecule has 0 heterocycles. The number of allylic oxidation sites excluding steroid dienone is 18. The lowest BCUT2D eigenvalue weighted by Crippen LogP contribution is -2.30. The van der Waals surface area contributed by atoms with Gasteiger partial charge >= 0.3 is 17.9 Å². The largest absolute Gasteiger partial charge is 0.462 e. The molecule has 6 nitrogen and oxygen atoms in total. The molecule has 1 atom stereocenters. The summed E-state index contributed by atoms with van der Waals surface area (Å²) >= 11 is 0. The summed E-state index contributed by atoms with van der Waals surface area (Å²) in [7, 11) is 0. The molecule has 0 spiro atoms. The first-order valence-electron chi connectivity index (χ1n) is 31.9. The molecule has 0 amide bonds. The Morgan fingerprint density at radius 3 is 0.816 bits per heavy atom. The summed E-state index contributed by atoms with van der Waals surface area (Å²) in [6, 6.07) is 0. The van der Waals surface area contributed by atoms with E-state index in [4.69, 9.17) is 14.2 Å². The minimum absolute atomic E-state index is 0.0834. The maximum absolute atomic E-state index is 12.9. The molecule has 0 aromatic heterocycles. The molecule has 0 saturated heterocycles. The van der Waals surface area contributed by atoms with Gasteiger partial charge in [-0.2, -0.15) is 0 Å². The van der Waals surface area contributed by atoms with E-state index in [0.29, 0.717) is 19.3 Å². The zero-order chi connectivity index (χ0) is 55.0. The van der Waals surface area contributed by atoms with Crippen LogP contribution in [0.15, 0.2) is 109 Å². The van der Waals surface area contributed by atoms with Crippen molar-refractivity contribution in [2.24, 2.45) is 0 Å². The second kappa shape index (κ2) is 63.6. The average molecular weight is 1060 g/mol. The van der Waals surface area contributed by atoms with Gasteiger partial charge in [-0.05, 0) is 109 Å². The smallest absolute Gasteiger partial charge is 0.306 e. The first-order chi connectivity index (χ1) is 37.5. The van der Waals surface area contributed by atoms with Crippen molar-refractivity contribution in [1.29, 1.82) is 0 Å². The van der Waals surface area contributed by atoms with Crippen LogP contribution in [0, 0.1) is 0 Å². The van der Waals surface area contributed by atoms with Crippen LogP contribution in [0.5, 0.6) is 0 Å². The molecular weight excluding hydrogens is 937 g/mol. The van der Waals surface area contributed by atoms with E-state index < -0.39 is 6.10 Å². The van der Waals surface area contributed by atoms with Gasteiger partial charge in [-0.25, -0.2) is 0 Å². The van der Waals surface area contributed by atoms with Crippen LogP contribution in [0.25, 0.3) is 0 Å². The van der Waals surface area contributed by atoms with Crippen LogP contribution in [0.4, 0.5) is 0 Å². The lowest BCUT2D eigenvalue weighted by atomic mass is 10.1. The maximum Gasteiger partial charge on any atom is 0.306 e. The fourth-order valence-corrected chi connectivity index (χ4v) is 8.75. The number of hydrogen-bond donors (Lipinski definition) is 0. The highest BCUT2D eigenvalue weighted by Crippen LogP contribution is 2.15. The molecule has 0 N–H and O–H groups in total. The van der Waals surface area contributed by atoms with Gasteiger partial charge in [-0.3, -0.25) is 14.4 Å². The molecule has 0 aliphatic rings. The summed E-state index contributed by atoms with van der Waals surface area (Å²) in [6.45, 7) is 6.50. The molecule has 0 fully saturated rings. The van der Waals surface area contributed by atoms with Crippen molar-refractivity contribution in [3.63, 3.8) is 0 Å². The van der Waals surface area contributed by atoms with E-state index in [1.54, 1.807) is 0 Å². The van der Waals surface area contributed by atoms with Crippen LogP contribution in [0.1, 0.15) is 297 Å². The fraction of sp³-hybridized carbons (Fsp3) is 0.700. The lowest BCUT2D eigenvalue weighted by molar-refractivity contribution is -0.167. The molecule has 1 unspecified atom stereocenters. The quantitative estimate of drug-likeness (QED) is 0.0261. The first-order valence-corrected chi connectivity index (χ1v) is 31.9. The number of esters is 3. The summed E-state index contributed by atoms with van der Waals surface area (Å²) in [6.07, 6.45) is 86.7. The Morgan fingerprint density at radius 2 is 0.513 bits per heavy atom. The monoisotopic (exact) mass is 1050 g/mol. The van der Waals surface area contributed by atoms with Crippen molar-refractivity contribution in [3.8, 4) is 0 Å². The summed E-state index contributed by atoms with van der Waals surface area (Å²) in [5, 5.41) is 0. The van der Waals surface area contributed by atoms with Gasteiger partial charge in [0.05, 0.1) is 0 Å². The molecule has 0 bridgehead atoms. The molecule has 0 aromatic rings. The molecule has 0 radical (unpaired) electrons. The SMILES string of the molecule is CC/C=C\C/C=C\C/C=C\C/C=C\C/C=C\C/C=C\C/C=C\CCCCCCCCCCCC(=O)OCC(COC(=O)CCCCCCCCCCCCC)OC(=O)CCCCCCC/C=C\C/C=C\CCCCCC. The zero-order valence-electron chi connectivity index (χ0n) is 49.7. The number of carbonyl (C=O) groups excluding carboxylic acids is 3. The Bertz CT molecular complexity index is 1540. The lowest BCUT2D eigenvalue weighted by Gasteiger charge is -2.18. The van der Waals surface area contributed by atoms with E-state index in [9.17, 15) is 14.4 Å². The van der Waals surface area contributed by atoms with E-state index in [1.165, 1.54) is 122 Å². The minimum atomic E-state index is -0.787. The van der Waals surface area contributed by atoms with Gasteiger partial charge in [0.25, 0.3) is 0 Å². The second-order valence-electron chi connectivity index (χ2n) is 20.9. The van der Waals surface area contributed by atoms with Crippen LogP contribution < -0.4 is 0 Å². The van der Waals surface area contributed by atoms with Crippen LogP contribution in [0.3, 0.4) is 0 Å². The Morgan fingerprint density at radius 1 is 0.276 bits per heavy atom. The van der Waals surface area contributed by atoms with Gasteiger partial charge in [0.15, 0.2) is 6.10 Å². The molecule has 0 aliphatic carbocycles. The predicted octanol–water partition coefficient (Wildman–Crippen LogP) is 21.8. The van der Waals surface area contributed by atoms with Crippen LogP contribution in [0.2, 0.25) is 0 Å². The van der Waals surface area contributed by atoms with Crippen molar-refractivity contribution < 1.29 is 28.6 Å². The normalized spacial score (nSPS) is 12.8. The fourth-order valence-electron chi connectivity index (χ4n) is 8.75. The van der Waals surface area contributed by atoms with E-state index in [2.05, 4.69) is 130 Å². The maximum atomic E-state index is 12.9. The van der Waals surface area contributed by atoms with Gasteiger partial charge in [-0.1, -0.05) is 278 Å². The Kier molecular flexibility index (Phi) is 60.3. The number of hydrogen-bond acceptors (Lipinski definition) is 6. The number of ether oxygens (including phenoxy) is 3. The van der Waals surface area contributed by atoms with Gasteiger partial charge < -0.3 is 14.2 Å². The van der Waals surface area contributed by atoms with Gasteiger partial charge in [-0.15, -0.1) is 0 Å². The molecule has 6 heteroatoms. The molecule has 0 saturated carbocycles. The average Bonchev–Trinajstić information content (AvgIpc) is 3.42. The topological polar surface area (TPSA) is 78.9 Å². The van der Waals surface area contributed by atoms with E-state index in [0.717, 1.165) is 135 Å². The number of unbranched alkanes of at least 4 members (excludes halogenated alkanes) is 28. The van der Waals surface area contributed by atoms with Crippen molar-refractivity contribution in [2.45, 2.75) is 303 Å². The Balaban J connectivity index is 4.25. The van der Waals surface area contributed by atoms with Crippen molar-refractivity contribution in [2.75, 3.05) is 13.2 Å². The van der Waals surface area contributed by atoms with Crippen LogP contribution in [-0.4, -0.2) is 37.2 Å². The van der Waals surface area contributed by atoms with Crippen LogP contribution >= 0.6 is 0 Å². The molecule has 0 aliphatic heterocycles. The highest BCUT2D eigenvalue weighted by molar-refractivity contribution is 5.71. The number of carbonyl (C=O) groups is 3. The second-order valence-corrected chi connectivity index (χ2v) is 20.9. The molecule has 434 valence electrons. The first kappa shape index (κ1) is 72.1. The highest BCUT2D eigenvalue weighted by Gasteiger charge is 2.19. The molecule has 76 heavy (non-hydrogen) atoms. The summed E-state index contributed by atoms with van der Waals surface area (Å²) in [5.41, 5.74) is 0. The minimum Gasteiger partial charge on any atom is -0.462 e. The van der Waals surface area contributed by atoms with Gasteiger partial charge in [0.2, 0.25) is 0 Å². The highest BCUT2D eigenvalue weighted by atomic mass is 16.6. The standard InChI is InChI=1S/C70H118O6/c1-4-7-10-13-16-19-22-24-26-28-29-30-31-32-33-34-35-36-37-38-39-40-41-42-44-45-48-51-54-57-60-63-69(72)75-66-67(65-74-68(71)62-59-56-53-50-47-21-18-15-12-9-6-3)76-70(73)64-61-58-55-52-49-46-43-27-25-23-20-17-14-11-8-5-2/h7,10,16,19-20,23-24,26-27,29-30,32-33,35-36,38-39,43,67H,4-6,8-9,11-15,17-18,21-22,25,28,31,34,37,40-42,44-66H2,1-3H3/b10-7-,19-16-,23-20-,26-24-,30-29-,33-32-,36-35-,39-38-,43-27-. The third kappa shape index (κ3) is 60.9. The molecule has 0 rings (SSSR count). The third-order valence-corrected chi connectivity index (χ3v) is 13.5. The van der Waals surface area contributed by atoms with Crippen molar-refractivity contribution in [3.05, 3.63) is 109 Å². The summed E-state index contributed by atoms with van der Waals surface area (Å²) < 4.78 is 16.9. The summed E-state index contributed by atoms with van der Waals surface area (Å²) in [4.78, 5) is 38.2. The van der Waals surface area contributed by atoms with E-state index in [-0.39, 0.29) is 31.1 Å². The zero-order valence-corrected chi connectivity index (χ0v) is 49.7. The van der Waals surface area contributed by atoms with Crippen molar-refractivity contribution in [1.82, 2.24) is 0 Å². The predicted molar refractivity (Wildman–Crippen MR) is 330 cm³/mol. The van der Waals surface area contributed by atoms with E-state index >= 15 is 0 Å². The van der Waals surface area contributed by atoms with Gasteiger partial charge in [0.1, 0.15) is 13.2 Å². The molecule has 0 aromatic carbocycles. The third-order valence-electron chi connectivity index (χ3n) is 13.5. The van der Waals surface area contributed by atoms with Crippen LogP contribution in [-0.2, 0) is 28.6 Å². The van der Waals surface area contributed by atoms with Gasteiger partial charge in [0, 0.05) is 19.3 Å².